The Bertz CT molecular complexity index is 610. The normalized spacial score (nSPS) is 11.1. The van der Waals surface area contributed by atoms with E-state index < -0.39 is 15.7 Å². The van der Waals surface area contributed by atoms with Gasteiger partial charge in [-0.15, -0.1) is 0 Å². The minimum Gasteiger partial charge on any atom is -0.366 e. The summed E-state index contributed by atoms with van der Waals surface area (Å²) < 4.78 is 22.8. The molecule has 0 aliphatic carbocycles. The molecule has 1 aromatic rings. The number of hydrogen-bond donors (Lipinski definition) is 2. The number of nitrogens with one attached hydrogen (secondary N) is 1. The minimum absolute atomic E-state index is 0.122. The number of hydrogen-bond acceptors (Lipinski definition) is 5. The summed E-state index contributed by atoms with van der Waals surface area (Å²) in [4.78, 5) is 26.1. The second-order valence-corrected chi connectivity index (χ2v) is 5.95. The van der Waals surface area contributed by atoms with Gasteiger partial charge in [0.05, 0.1) is 5.56 Å². The highest BCUT2D eigenvalue weighted by Gasteiger charge is 2.16. The number of nitrogens with zero attached hydrogens (tertiary/aromatic N) is 1. The molecule has 0 saturated heterocycles. The first-order valence-corrected chi connectivity index (χ1v) is 7.34. The lowest BCUT2D eigenvalue weighted by Gasteiger charge is -2.07. The third-order valence-electron chi connectivity index (χ3n) is 2.51. The summed E-state index contributed by atoms with van der Waals surface area (Å²) in [6.07, 6.45) is 2.48. The van der Waals surface area contributed by atoms with Gasteiger partial charge < -0.3 is 11.1 Å². The summed E-state index contributed by atoms with van der Waals surface area (Å²) >= 11 is 0. The molecule has 8 heteroatoms. The summed E-state index contributed by atoms with van der Waals surface area (Å²) in [7, 11) is -1.98. The number of primary amides is 1. The maximum absolute atomic E-state index is 11.4. The first-order valence-electron chi connectivity index (χ1n) is 5.45. The number of amides is 2. The lowest BCUT2D eigenvalue weighted by Crippen LogP contribution is -2.20. The minimum atomic E-state index is -3.48. The van der Waals surface area contributed by atoms with Crippen LogP contribution in [0, 0.1) is 0 Å². The van der Waals surface area contributed by atoms with E-state index in [2.05, 4.69) is 10.3 Å². The maximum atomic E-state index is 11.4. The Balaban J connectivity index is 3.16. The lowest BCUT2D eigenvalue weighted by molar-refractivity contribution is -0.120. The average molecular weight is 285 g/mol. The Kier molecular flexibility index (Phi) is 4.60. The highest BCUT2D eigenvalue weighted by Crippen LogP contribution is 2.15. The summed E-state index contributed by atoms with van der Waals surface area (Å²) in [5.41, 5.74) is 5.70. The Morgan fingerprint density at radius 3 is 2.53 bits per heavy atom. The molecule has 1 rings (SSSR count). The topological polar surface area (TPSA) is 119 Å². The number of rotatable bonds is 5. The maximum Gasteiger partial charge on any atom is 0.250 e. The molecule has 0 radical (unpaired) electrons. The third-order valence-corrected chi connectivity index (χ3v) is 3.49. The van der Waals surface area contributed by atoms with E-state index in [1.807, 2.05) is 0 Å². The van der Waals surface area contributed by atoms with Crippen molar-refractivity contribution in [3.05, 3.63) is 23.4 Å². The van der Waals surface area contributed by atoms with Crippen LogP contribution in [-0.4, -0.2) is 38.5 Å². The molecule has 0 atom stereocenters. The van der Waals surface area contributed by atoms with E-state index in [9.17, 15) is 18.0 Å². The van der Waals surface area contributed by atoms with Crippen LogP contribution in [-0.2, 0) is 21.1 Å². The molecule has 104 valence electrons. The first-order chi connectivity index (χ1) is 8.75. The summed E-state index contributed by atoms with van der Waals surface area (Å²) in [6.45, 7) is 0. The largest absolute Gasteiger partial charge is 0.366 e. The monoisotopic (exact) mass is 285 g/mol. The highest BCUT2D eigenvalue weighted by molar-refractivity contribution is 7.90. The van der Waals surface area contributed by atoms with Crippen LogP contribution >= 0.6 is 0 Å². The molecule has 0 fully saturated rings. The van der Waals surface area contributed by atoms with Gasteiger partial charge in [-0.25, -0.2) is 13.4 Å². The summed E-state index contributed by atoms with van der Waals surface area (Å²) in [5, 5.41) is 2.29. The van der Waals surface area contributed by atoms with Crippen molar-refractivity contribution in [2.75, 3.05) is 13.3 Å². The van der Waals surface area contributed by atoms with Crippen LogP contribution in [0.2, 0.25) is 0 Å². The molecule has 0 spiro atoms. The smallest absolute Gasteiger partial charge is 0.250 e. The van der Waals surface area contributed by atoms with E-state index in [4.69, 9.17) is 5.73 Å². The van der Waals surface area contributed by atoms with Crippen LogP contribution < -0.4 is 11.1 Å². The van der Waals surface area contributed by atoms with Gasteiger partial charge in [0.25, 0.3) is 5.91 Å². The number of pyridine rings is 1. The average Bonchev–Trinajstić information content (AvgIpc) is 2.34. The predicted molar refractivity (Wildman–Crippen MR) is 68.3 cm³/mol. The van der Waals surface area contributed by atoms with Gasteiger partial charge in [-0.1, -0.05) is 0 Å². The van der Waals surface area contributed by atoms with E-state index in [1.54, 1.807) is 0 Å². The molecule has 1 aromatic heterocycles. The Labute approximate surface area is 111 Å². The highest BCUT2D eigenvalue weighted by atomic mass is 32.2. The summed E-state index contributed by atoms with van der Waals surface area (Å²) in [5.74, 6) is -0.924. The third kappa shape index (κ3) is 4.02. The number of aryl methyl sites for hydroxylation is 1. The fourth-order valence-corrected chi connectivity index (χ4v) is 2.08. The van der Waals surface area contributed by atoms with Crippen molar-refractivity contribution in [2.24, 2.45) is 5.73 Å². The molecule has 3 N–H and O–H groups in total. The Morgan fingerprint density at radius 1 is 1.42 bits per heavy atom. The molecule has 0 bridgehead atoms. The van der Waals surface area contributed by atoms with Crippen molar-refractivity contribution < 1.29 is 18.0 Å². The van der Waals surface area contributed by atoms with Crippen molar-refractivity contribution in [3.8, 4) is 0 Å². The molecule has 0 aliphatic heterocycles. The molecule has 0 aliphatic rings. The van der Waals surface area contributed by atoms with E-state index in [-0.39, 0.29) is 29.3 Å². The second kappa shape index (κ2) is 5.79. The number of carbonyl (C=O) groups is 2. The number of sulfone groups is 1. The van der Waals surface area contributed by atoms with Gasteiger partial charge in [0, 0.05) is 25.9 Å². The summed E-state index contributed by atoms with van der Waals surface area (Å²) in [6, 6.07) is 1.28. The van der Waals surface area contributed by atoms with Crippen molar-refractivity contribution >= 4 is 21.7 Å². The van der Waals surface area contributed by atoms with E-state index in [0.717, 1.165) is 12.5 Å². The Hall–Kier alpha value is -1.96. The van der Waals surface area contributed by atoms with Crippen LogP contribution in [0.25, 0.3) is 0 Å². The molecule has 2 amide bonds. The molecular weight excluding hydrogens is 270 g/mol. The van der Waals surface area contributed by atoms with Crippen LogP contribution in [0.3, 0.4) is 0 Å². The quantitative estimate of drug-likeness (QED) is 0.738. The van der Waals surface area contributed by atoms with Gasteiger partial charge in [-0.3, -0.25) is 9.59 Å². The van der Waals surface area contributed by atoms with E-state index in [1.165, 1.54) is 13.1 Å². The zero-order chi connectivity index (χ0) is 14.6. The number of aromatic nitrogens is 1. The van der Waals surface area contributed by atoms with Crippen LogP contribution in [0.4, 0.5) is 0 Å². The van der Waals surface area contributed by atoms with Gasteiger partial charge in [0.1, 0.15) is 0 Å². The number of carbonyl (C=O) groups excluding carboxylic acids is 2. The van der Waals surface area contributed by atoms with Crippen molar-refractivity contribution in [2.45, 2.75) is 17.9 Å². The molecular formula is C11H15N3O4S. The zero-order valence-corrected chi connectivity index (χ0v) is 11.5. The van der Waals surface area contributed by atoms with E-state index in [0.29, 0.717) is 5.56 Å². The van der Waals surface area contributed by atoms with Gasteiger partial charge >= 0.3 is 0 Å². The molecule has 0 aromatic carbocycles. The van der Waals surface area contributed by atoms with Gasteiger partial charge in [-0.05, 0) is 18.1 Å². The molecule has 7 nitrogen and oxygen atoms in total. The first kappa shape index (κ1) is 15.1. The number of nitrogens with two attached hydrogens (primary N) is 1. The SMILES string of the molecule is CNC(=O)CCc1cc(S(C)(=O)=O)ncc1C(N)=O. The van der Waals surface area contributed by atoms with Crippen molar-refractivity contribution in [1.29, 1.82) is 0 Å². The molecule has 19 heavy (non-hydrogen) atoms. The Morgan fingerprint density at radius 2 is 2.05 bits per heavy atom. The van der Waals surface area contributed by atoms with Crippen LogP contribution in [0.5, 0.6) is 0 Å². The predicted octanol–water partition coefficient (Wildman–Crippen LogP) is -0.737. The van der Waals surface area contributed by atoms with Gasteiger partial charge in [0.15, 0.2) is 14.9 Å². The molecule has 1 heterocycles. The van der Waals surface area contributed by atoms with Crippen molar-refractivity contribution in [3.63, 3.8) is 0 Å². The van der Waals surface area contributed by atoms with Crippen LogP contribution in [0.15, 0.2) is 17.3 Å². The second-order valence-electron chi connectivity index (χ2n) is 3.99. The zero-order valence-electron chi connectivity index (χ0n) is 10.6. The van der Waals surface area contributed by atoms with Crippen molar-refractivity contribution in [1.82, 2.24) is 10.3 Å². The van der Waals surface area contributed by atoms with Crippen LogP contribution in [0.1, 0.15) is 22.3 Å². The molecule has 0 unspecified atom stereocenters. The van der Waals surface area contributed by atoms with E-state index >= 15 is 0 Å². The van der Waals surface area contributed by atoms with Gasteiger partial charge in [-0.2, -0.15) is 0 Å². The molecule has 0 saturated carbocycles. The fraction of sp³-hybridized carbons (Fsp3) is 0.364. The lowest BCUT2D eigenvalue weighted by atomic mass is 10.0. The van der Waals surface area contributed by atoms with Gasteiger partial charge in [0.2, 0.25) is 5.91 Å². The standard InChI is InChI=1S/C11H15N3O4S/c1-13-9(15)4-3-7-5-10(19(2,17)18)14-6-8(7)11(12)16/h5-6H,3-4H2,1-2H3,(H2,12,16)(H,13,15). The fourth-order valence-electron chi connectivity index (χ4n) is 1.48.